The summed E-state index contributed by atoms with van der Waals surface area (Å²) in [6.07, 6.45) is 9.62. The highest BCUT2D eigenvalue weighted by Gasteiger charge is 2.25. The van der Waals surface area contributed by atoms with Crippen LogP contribution in [0.3, 0.4) is 0 Å². The van der Waals surface area contributed by atoms with Crippen LogP contribution in [0.5, 0.6) is 0 Å². The molecule has 0 saturated heterocycles. The van der Waals surface area contributed by atoms with E-state index in [0.717, 1.165) is 18.7 Å². The van der Waals surface area contributed by atoms with Crippen LogP contribution in [0.4, 0.5) is 0 Å². The number of hydrogen-bond acceptors (Lipinski definition) is 3. The second-order valence-corrected chi connectivity index (χ2v) is 4.44. The molecule has 1 aliphatic carbocycles. The lowest BCUT2D eigenvalue weighted by Gasteiger charge is -2.06. The normalized spacial score (nSPS) is 16.7. The van der Waals surface area contributed by atoms with E-state index >= 15 is 0 Å². The van der Waals surface area contributed by atoms with Gasteiger partial charge in [0.15, 0.2) is 5.69 Å². The molecule has 88 valence electrons. The highest BCUT2D eigenvalue weighted by Crippen LogP contribution is 2.34. The van der Waals surface area contributed by atoms with Crippen molar-refractivity contribution in [2.24, 2.45) is 0 Å². The lowest BCUT2D eigenvalue weighted by Crippen LogP contribution is -2.00. The molecule has 1 N–H and O–H groups in total. The van der Waals surface area contributed by atoms with Crippen LogP contribution in [0.25, 0.3) is 5.52 Å². The average molecular weight is 231 g/mol. The molecule has 3 rings (SSSR count). The second-order valence-electron chi connectivity index (χ2n) is 4.44. The van der Waals surface area contributed by atoms with Crippen molar-refractivity contribution in [2.45, 2.75) is 31.6 Å². The van der Waals surface area contributed by atoms with Crippen LogP contribution in [0.1, 0.15) is 47.9 Å². The van der Waals surface area contributed by atoms with E-state index in [4.69, 9.17) is 5.11 Å². The monoisotopic (exact) mass is 231 g/mol. The van der Waals surface area contributed by atoms with Gasteiger partial charge in [0, 0.05) is 18.3 Å². The fourth-order valence-electron chi connectivity index (χ4n) is 2.59. The van der Waals surface area contributed by atoms with E-state index < -0.39 is 5.97 Å². The van der Waals surface area contributed by atoms with Crippen molar-refractivity contribution in [1.29, 1.82) is 0 Å². The summed E-state index contributed by atoms with van der Waals surface area (Å²) in [6.45, 7) is 0. The predicted octanol–water partition coefficient (Wildman–Crippen LogP) is 2.09. The van der Waals surface area contributed by atoms with Crippen molar-refractivity contribution in [2.75, 3.05) is 0 Å². The van der Waals surface area contributed by atoms with E-state index in [9.17, 15) is 4.79 Å². The fourth-order valence-corrected chi connectivity index (χ4v) is 2.59. The average Bonchev–Trinajstić information content (AvgIpc) is 2.95. The summed E-state index contributed by atoms with van der Waals surface area (Å²) in [5.74, 6) is 0.273. The van der Waals surface area contributed by atoms with Crippen LogP contribution in [0.2, 0.25) is 0 Å². The molecule has 0 radical (unpaired) electrons. The Kier molecular flexibility index (Phi) is 2.31. The van der Waals surface area contributed by atoms with Crippen molar-refractivity contribution in [3.8, 4) is 0 Å². The molecule has 0 bridgehead atoms. The first kappa shape index (κ1) is 10.3. The summed E-state index contributed by atoms with van der Waals surface area (Å²) in [4.78, 5) is 19.4. The number of imidazole rings is 1. The highest BCUT2D eigenvalue weighted by atomic mass is 16.4. The first-order chi connectivity index (χ1) is 8.27. The summed E-state index contributed by atoms with van der Waals surface area (Å²) < 4.78 is 1.87. The van der Waals surface area contributed by atoms with E-state index in [1.165, 1.54) is 12.8 Å². The minimum absolute atomic E-state index is 0.111. The quantitative estimate of drug-likeness (QED) is 0.859. The van der Waals surface area contributed by atoms with Gasteiger partial charge in [-0.3, -0.25) is 9.38 Å². The van der Waals surface area contributed by atoms with Crippen molar-refractivity contribution < 1.29 is 9.90 Å². The maximum Gasteiger partial charge on any atom is 0.356 e. The Morgan fingerprint density at radius 3 is 2.88 bits per heavy atom. The Bertz CT molecular complexity index is 570. The molecule has 2 aromatic rings. The van der Waals surface area contributed by atoms with Gasteiger partial charge in [-0.2, -0.15) is 0 Å². The van der Waals surface area contributed by atoms with Gasteiger partial charge in [0.1, 0.15) is 5.82 Å². The Morgan fingerprint density at radius 2 is 2.18 bits per heavy atom. The van der Waals surface area contributed by atoms with E-state index in [0.29, 0.717) is 11.4 Å². The van der Waals surface area contributed by atoms with Crippen molar-refractivity contribution in [1.82, 2.24) is 14.4 Å². The fraction of sp³-hybridized carbons (Fsp3) is 0.417. The van der Waals surface area contributed by atoms with Gasteiger partial charge in [0.2, 0.25) is 0 Å². The summed E-state index contributed by atoms with van der Waals surface area (Å²) in [5.41, 5.74) is 0.696. The first-order valence-electron chi connectivity index (χ1n) is 5.82. The molecule has 0 unspecified atom stereocenters. The molecule has 1 fully saturated rings. The van der Waals surface area contributed by atoms with E-state index in [2.05, 4.69) is 9.97 Å². The summed E-state index contributed by atoms with van der Waals surface area (Å²) in [6, 6.07) is 0. The number of carboxylic acids is 1. The van der Waals surface area contributed by atoms with Crippen LogP contribution in [-0.2, 0) is 0 Å². The maximum absolute atomic E-state index is 11.1. The van der Waals surface area contributed by atoms with E-state index in [1.807, 2.05) is 4.40 Å². The number of carboxylic acid groups (broad SMARTS) is 1. The lowest BCUT2D eigenvalue weighted by molar-refractivity contribution is 0.0693. The summed E-state index contributed by atoms with van der Waals surface area (Å²) in [7, 11) is 0. The summed E-state index contributed by atoms with van der Waals surface area (Å²) in [5, 5.41) is 9.14. The molecule has 0 aromatic carbocycles. The minimum atomic E-state index is -0.986. The molecular formula is C12H13N3O2. The second kappa shape index (κ2) is 3.84. The molecule has 0 amide bonds. The zero-order valence-corrected chi connectivity index (χ0v) is 9.33. The SMILES string of the molecule is O=C(O)c1nc(C2CCCC2)n2ccncc12. The van der Waals surface area contributed by atoms with Gasteiger partial charge in [-0.15, -0.1) is 0 Å². The van der Waals surface area contributed by atoms with Gasteiger partial charge < -0.3 is 5.11 Å². The smallest absolute Gasteiger partial charge is 0.356 e. The molecular weight excluding hydrogens is 218 g/mol. The standard InChI is InChI=1S/C12H13N3O2/c16-12(17)10-9-7-13-5-6-15(9)11(14-10)8-3-1-2-4-8/h5-8H,1-4H2,(H,16,17). The lowest BCUT2D eigenvalue weighted by atomic mass is 10.1. The predicted molar refractivity (Wildman–Crippen MR) is 61.2 cm³/mol. The van der Waals surface area contributed by atoms with Crippen molar-refractivity contribution in [3.05, 3.63) is 30.1 Å². The third-order valence-corrected chi connectivity index (χ3v) is 3.40. The number of hydrogen-bond donors (Lipinski definition) is 1. The van der Waals surface area contributed by atoms with Gasteiger partial charge in [-0.1, -0.05) is 12.8 Å². The van der Waals surface area contributed by atoms with Crippen LogP contribution in [0, 0.1) is 0 Å². The largest absolute Gasteiger partial charge is 0.476 e. The van der Waals surface area contributed by atoms with E-state index in [1.54, 1.807) is 18.6 Å². The zero-order valence-electron chi connectivity index (χ0n) is 9.33. The van der Waals surface area contributed by atoms with Crippen LogP contribution >= 0.6 is 0 Å². The number of carbonyl (C=O) groups is 1. The molecule has 1 aliphatic rings. The van der Waals surface area contributed by atoms with Gasteiger partial charge in [-0.05, 0) is 12.8 Å². The molecule has 2 aromatic heterocycles. The van der Waals surface area contributed by atoms with Gasteiger partial charge in [0.25, 0.3) is 0 Å². The van der Waals surface area contributed by atoms with Crippen molar-refractivity contribution in [3.63, 3.8) is 0 Å². The molecule has 5 heteroatoms. The summed E-state index contributed by atoms with van der Waals surface area (Å²) >= 11 is 0. The highest BCUT2D eigenvalue weighted by molar-refractivity contribution is 5.93. The molecule has 1 saturated carbocycles. The number of nitrogens with zero attached hydrogens (tertiary/aromatic N) is 3. The number of aromatic carboxylic acids is 1. The third-order valence-electron chi connectivity index (χ3n) is 3.40. The maximum atomic E-state index is 11.1. The molecule has 0 aliphatic heterocycles. The van der Waals surface area contributed by atoms with Crippen LogP contribution in [-0.4, -0.2) is 25.4 Å². The Labute approximate surface area is 98.1 Å². The van der Waals surface area contributed by atoms with Gasteiger partial charge in [0.05, 0.1) is 11.7 Å². The Hall–Kier alpha value is -1.91. The van der Waals surface area contributed by atoms with Crippen molar-refractivity contribution >= 4 is 11.5 Å². The molecule has 0 atom stereocenters. The van der Waals surface area contributed by atoms with Crippen LogP contribution in [0.15, 0.2) is 18.6 Å². The Balaban J connectivity index is 2.20. The zero-order chi connectivity index (χ0) is 11.8. The third kappa shape index (κ3) is 1.58. The van der Waals surface area contributed by atoms with E-state index in [-0.39, 0.29) is 5.69 Å². The number of aromatic nitrogens is 3. The molecule has 5 nitrogen and oxygen atoms in total. The number of fused-ring (bicyclic) bond motifs is 1. The Morgan fingerprint density at radius 1 is 1.41 bits per heavy atom. The molecule has 17 heavy (non-hydrogen) atoms. The topological polar surface area (TPSA) is 67.5 Å². The molecule has 0 spiro atoms. The minimum Gasteiger partial charge on any atom is -0.476 e. The van der Waals surface area contributed by atoms with Crippen LogP contribution < -0.4 is 0 Å². The first-order valence-corrected chi connectivity index (χ1v) is 5.82. The van der Waals surface area contributed by atoms with Gasteiger partial charge >= 0.3 is 5.97 Å². The molecule has 2 heterocycles. The number of rotatable bonds is 2. The van der Waals surface area contributed by atoms with Gasteiger partial charge in [-0.25, -0.2) is 9.78 Å².